The van der Waals surface area contributed by atoms with Crippen LogP contribution in [0.1, 0.15) is 15.9 Å². The van der Waals surface area contributed by atoms with Crippen molar-refractivity contribution in [1.82, 2.24) is 4.98 Å². The van der Waals surface area contributed by atoms with Gasteiger partial charge in [-0.25, -0.2) is 9.37 Å². The monoisotopic (exact) mass is 442 g/mol. The number of hydrogen-bond acceptors (Lipinski definition) is 4. The van der Waals surface area contributed by atoms with Crippen LogP contribution >= 0.6 is 11.3 Å². The highest BCUT2D eigenvalue weighted by Gasteiger charge is 2.25. The lowest BCUT2D eigenvalue weighted by Crippen LogP contribution is -2.30. The smallest absolute Gasteiger partial charge is 0.264 e. The molecule has 6 heteroatoms. The van der Waals surface area contributed by atoms with Gasteiger partial charge in [-0.2, -0.15) is 0 Å². The first-order valence-electron chi connectivity index (χ1n) is 10.1. The van der Waals surface area contributed by atoms with Crippen LogP contribution in [0.2, 0.25) is 0 Å². The molecule has 4 nitrogen and oxygen atoms in total. The standard InChI is InChI=1S/C26H19FN2O2S/c1-31-23-14-19-10-6-5-9-18(19)13-21(23)25(30)29(16-17-7-3-2-4-8-17)26-28-22-12-11-20(27)15-24(22)32-26/h2-15H,16H2,1H3. The normalized spacial score (nSPS) is 11.1. The van der Waals surface area contributed by atoms with Crippen LogP contribution in [-0.2, 0) is 6.54 Å². The van der Waals surface area contributed by atoms with Crippen LogP contribution in [0.3, 0.4) is 0 Å². The van der Waals surface area contributed by atoms with E-state index in [2.05, 4.69) is 4.98 Å². The summed E-state index contributed by atoms with van der Waals surface area (Å²) in [5, 5.41) is 2.45. The number of anilines is 1. The van der Waals surface area contributed by atoms with E-state index in [9.17, 15) is 9.18 Å². The predicted octanol–water partition coefficient (Wildman–Crippen LogP) is 6.44. The summed E-state index contributed by atoms with van der Waals surface area (Å²) >= 11 is 1.29. The molecule has 0 saturated carbocycles. The summed E-state index contributed by atoms with van der Waals surface area (Å²) in [6.45, 7) is 0.331. The molecule has 1 aromatic heterocycles. The Bertz CT molecular complexity index is 1430. The second-order valence-corrected chi connectivity index (χ2v) is 8.39. The van der Waals surface area contributed by atoms with Crippen LogP contribution < -0.4 is 9.64 Å². The van der Waals surface area contributed by atoms with E-state index in [1.165, 1.54) is 23.5 Å². The lowest BCUT2D eigenvalue weighted by Gasteiger charge is -2.21. The molecule has 5 aromatic rings. The van der Waals surface area contributed by atoms with Crippen molar-refractivity contribution in [3.05, 3.63) is 102 Å². The first-order chi connectivity index (χ1) is 15.6. The molecule has 0 bridgehead atoms. The number of aromatic nitrogens is 1. The van der Waals surface area contributed by atoms with Crippen LogP contribution in [0.15, 0.2) is 84.9 Å². The van der Waals surface area contributed by atoms with Crippen LogP contribution in [-0.4, -0.2) is 18.0 Å². The van der Waals surface area contributed by atoms with Crippen LogP contribution in [0.5, 0.6) is 5.75 Å². The zero-order valence-electron chi connectivity index (χ0n) is 17.3. The number of thiazole rings is 1. The van der Waals surface area contributed by atoms with Crippen molar-refractivity contribution in [3.63, 3.8) is 0 Å². The predicted molar refractivity (Wildman–Crippen MR) is 127 cm³/mol. The molecular formula is C26H19FN2O2S. The van der Waals surface area contributed by atoms with Crippen LogP contribution in [0.25, 0.3) is 21.0 Å². The van der Waals surface area contributed by atoms with Crippen molar-refractivity contribution >= 4 is 43.4 Å². The molecule has 5 rings (SSSR count). The number of amides is 1. The number of carbonyl (C=O) groups excluding carboxylic acids is 1. The van der Waals surface area contributed by atoms with E-state index < -0.39 is 0 Å². The fourth-order valence-electron chi connectivity index (χ4n) is 3.69. The molecule has 0 spiro atoms. The molecule has 0 unspecified atom stereocenters. The number of nitrogens with zero attached hydrogens (tertiary/aromatic N) is 2. The molecule has 0 aliphatic heterocycles. The van der Waals surface area contributed by atoms with Gasteiger partial charge in [0.25, 0.3) is 5.91 Å². The van der Waals surface area contributed by atoms with E-state index >= 15 is 0 Å². The molecule has 158 valence electrons. The maximum atomic E-state index is 13.9. The van der Waals surface area contributed by atoms with Gasteiger partial charge >= 0.3 is 0 Å². The van der Waals surface area contributed by atoms with E-state index in [1.807, 2.05) is 66.7 Å². The Morgan fingerprint density at radius 1 is 0.969 bits per heavy atom. The Morgan fingerprint density at radius 2 is 1.69 bits per heavy atom. The average molecular weight is 443 g/mol. The lowest BCUT2D eigenvalue weighted by atomic mass is 10.0. The van der Waals surface area contributed by atoms with E-state index in [-0.39, 0.29) is 11.7 Å². The van der Waals surface area contributed by atoms with Gasteiger partial charge in [-0.05, 0) is 46.7 Å². The van der Waals surface area contributed by atoms with Gasteiger partial charge in [0.1, 0.15) is 11.6 Å². The Kier molecular flexibility index (Phi) is 5.29. The van der Waals surface area contributed by atoms with Crippen molar-refractivity contribution < 1.29 is 13.9 Å². The third kappa shape index (κ3) is 3.81. The molecule has 0 aliphatic carbocycles. The summed E-state index contributed by atoms with van der Waals surface area (Å²) in [4.78, 5) is 20.1. The van der Waals surface area contributed by atoms with Gasteiger partial charge in [0, 0.05) is 0 Å². The van der Waals surface area contributed by atoms with Gasteiger partial charge in [0.15, 0.2) is 5.13 Å². The Labute approximate surface area is 188 Å². The highest BCUT2D eigenvalue weighted by Crippen LogP contribution is 2.34. The topological polar surface area (TPSA) is 42.4 Å². The zero-order valence-corrected chi connectivity index (χ0v) is 18.1. The van der Waals surface area contributed by atoms with E-state index in [1.54, 1.807) is 18.1 Å². The molecule has 0 fully saturated rings. The van der Waals surface area contributed by atoms with Crippen molar-refractivity contribution in [2.45, 2.75) is 6.54 Å². The number of carbonyl (C=O) groups is 1. The number of hydrogen-bond donors (Lipinski definition) is 0. The zero-order chi connectivity index (χ0) is 22.1. The third-order valence-electron chi connectivity index (χ3n) is 5.30. The number of benzene rings is 4. The van der Waals surface area contributed by atoms with Gasteiger partial charge in [0.2, 0.25) is 0 Å². The van der Waals surface area contributed by atoms with E-state index in [0.29, 0.717) is 33.2 Å². The highest BCUT2D eigenvalue weighted by molar-refractivity contribution is 7.22. The minimum Gasteiger partial charge on any atom is -0.496 e. The molecular weight excluding hydrogens is 423 g/mol. The minimum atomic E-state index is -0.329. The fourth-order valence-corrected chi connectivity index (χ4v) is 4.68. The Morgan fingerprint density at radius 3 is 2.44 bits per heavy atom. The third-order valence-corrected chi connectivity index (χ3v) is 6.34. The number of halogens is 1. The van der Waals surface area contributed by atoms with Gasteiger partial charge in [-0.1, -0.05) is 65.9 Å². The van der Waals surface area contributed by atoms with Gasteiger partial charge < -0.3 is 4.74 Å². The maximum absolute atomic E-state index is 13.9. The second kappa shape index (κ2) is 8.40. The van der Waals surface area contributed by atoms with Gasteiger partial charge in [0.05, 0.1) is 29.4 Å². The van der Waals surface area contributed by atoms with Crippen molar-refractivity contribution in [1.29, 1.82) is 0 Å². The van der Waals surface area contributed by atoms with Crippen molar-refractivity contribution in [2.24, 2.45) is 0 Å². The number of ether oxygens (including phenoxy) is 1. The second-order valence-electron chi connectivity index (χ2n) is 7.39. The average Bonchev–Trinajstić information content (AvgIpc) is 3.24. The molecule has 32 heavy (non-hydrogen) atoms. The Balaban J connectivity index is 1.64. The fraction of sp³-hybridized carbons (Fsp3) is 0.0769. The molecule has 1 heterocycles. The number of fused-ring (bicyclic) bond motifs is 2. The summed E-state index contributed by atoms with van der Waals surface area (Å²) in [5.41, 5.74) is 2.07. The first kappa shape index (κ1) is 20.2. The van der Waals surface area contributed by atoms with Gasteiger partial charge in [-0.15, -0.1) is 0 Å². The van der Waals surface area contributed by atoms with Crippen molar-refractivity contribution in [2.75, 3.05) is 12.0 Å². The largest absolute Gasteiger partial charge is 0.496 e. The Hall–Kier alpha value is -3.77. The molecule has 4 aromatic carbocycles. The summed E-state index contributed by atoms with van der Waals surface area (Å²) in [5.74, 6) is -0.0558. The van der Waals surface area contributed by atoms with E-state index in [0.717, 1.165) is 16.3 Å². The van der Waals surface area contributed by atoms with Crippen LogP contribution in [0, 0.1) is 5.82 Å². The van der Waals surface area contributed by atoms with Crippen LogP contribution in [0.4, 0.5) is 9.52 Å². The number of methoxy groups -OCH3 is 1. The van der Waals surface area contributed by atoms with Crippen molar-refractivity contribution in [3.8, 4) is 5.75 Å². The summed E-state index contributed by atoms with van der Waals surface area (Å²) in [6.07, 6.45) is 0. The maximum Gasteiger partial charge on any atom is 0.264 e. The molecule has 0 atom stereocenters. The lowest BCUT2D eigenvalue weighted by molar-refractivity contribution is 0.0982. The molecule has 0 radical (unpaired) electrons. The molecule has 0 aliphatic rings. The first-order valence-corrected chi connectivity index (χ1v) is 10.9. The number of rotatable bonds is 5. The quantitative estimate of drug-likeness (QED) is 0.314. The minimum absolute atomic E-state index is 0.226. The molecule has 0 saturated heterocycles. The van der Waals surface area contributed by atoms with E-state index in [4.69, 9.17) is 4.74 Å². The molecule has 1 amide bonds. The summed E-state index contributed by atoms with van der Waals surface area (Å²) < 4.78 is 20.0. The molecule has 0 N–H and O–H groups in total. The summed E-state index contributed by atoms with van der Waals surface area (Å²) in [7, 11) is 1.56. The highest BCUT2D eigenvalue weighted by atomic mass is 32.1. The SMILES string of the molecule is COc1cc2ccccc2cc1C(=O)N(Cc1ccccc1)c1nc2ccc(F)cc2s1. The summed E-state index contributed by atoms with van der Waals surface area (Å²) in [6, 6.07) is 25.7. The van der Waals surface area contributed by atoms with Gasteiger partial charge in [-0.3, -0.25) is 9.69 Å².